The molecule has 1 heterocycles. The number of ketones is 1. The summed E-state index contributed by atoms with van der Waals surface area (Å²) in [4.78, 5) is 23.3. The Morgan fingerprint density at radius 3 is 2.63 bits per heavy atom. The molecule has 102 valence electrons. The van der Waals surface area contributed by atoms with Crippen LogP contribution in [0.1, 0.15) is 27.2 Å². The van der Waals surface area contributed by atoms with Gasteiger partial charge in [0.2, 0.25) is 5.78 Å². The fourth-order valence-electron chi connectivity index (χ4n) is 1.72. The van der Waals surface area contributed by atoms with Crippen LogP contribution in [0, 0.1) is 0 Å². The van der Waals surface area contributed by atoms with E-state index in [1.54, 1.807) is 38.2 Å². The summed E-state index contributed by atoms with van der Waals surface area (Å²) in [6.45, 7) is 5.29. The Morgan fingerprint density at radius 2 is 2.11 bits per heavy atom. The molecule has 0 bridgehead atoms. The van der Waals surface area contributed by atoms with Crippen molar-refractivity contribution in [3.8, 4) is 0 Å². The Hall–Kier alpha value is -2.10. The van der Waals surface area contributed by atoms with E-state index in [1.807, 2.05) is 13.0 Å². The molecule has 0 saturated carbocycles. The first-order valence-corrected chi connectivity index (χ1v) is 6.14. The zero-order valence-electron chi connectivity index (χ0n) is 11.3. The number of carboxylic acid groups (broad SMARTS) is 1. The number of carbonyl (C=O) groups is 2. The van der Waals surface area contributed by atoms with Crippen LogP contribution in [0.5, 0.6) is 0 Å². The second kappa shape index (κ2) is 6.18. The van der Waals surface area contributed by atoms with Gasteiger partial charge in [0.25, 0.3) is 0 Å². The van der Waals surface area contributed by atoms with Gasteiger partial charge in [0.1, 0.15) is 11.3 Å². The zero-order chi connectivity index (χ0) is 14.5. The molecule has 0 aromatic rings. The van der Waals surface area contributed by atoms with Crippen molar-refractivity contribution in [2.45, 2.75) is 32.8 Å². The van der Waals surface area contributed by atoms with Gasteiger partial charge in [-0.3, -0.25) is 4.79 Å². The van der Waals surface area contributed by atoms with Crippen LogP contribution in [0.3, 0.4) is 0 Å². The summed E-state index contributed by atoms with van der Waals surface area (Å²) in [7, 11) is 0. The van der Waals surface area contributed by atoms with Gasteiger partial charge in [-0.1, -0.05) is 31.2 Å². The fourth-order valence-corrected chi connectivity index (χ4v) is 1.72. The summed E-state index contributed by atoms with van der Waals surface area (Å²) in [6.07, 6.45) is 11.0. The van der Waals surface area contributed by atoms with E-state index in [0.717, 1.165) is 6.42 Å². The number of rotatable bonds is 5. The molecule has 4 heteroatoms. The Labute approximate surface area is 112 Å². The number of hydrogen-bond acceptors (Lipinski definition) is 3. The largest absolute Gasteiger partial charge is 0.477 e. The summed E-state index contributed by atoms with van der Waals surface area (Å²) >= 11 is 0. The van der Waals surface area contributed by atoms with Crippen molar-refractivity contribution in [1.29, 1.82) is 0 Å². The average Bonchev–Trinajstić information content (AvgIpc) is 2.58. The molecule has 1 aliphatic heterocycles. The van der Waals surface area contributed by atoms with Crippen molar-refractivity contribution in [3.63, 3.8) is 0 Å². The number of allylic oxidation sites excluding steroid dienone is 5. The third kappa shape index (κ3) is 3.22. The highest BCUT2D eigenvalue weighted by Gasteiger charge is 2.45. The van der Waals surface area contributed by atoms with Gasteiger partial charge in [-0.15, -0.1) is 0 Å². The van der Waals surface area contributed by atoms with E-state index in [9.17, 15) is 9.59 Å². The van der Waals surface area contributed by atoms with Crippen LogP contribution in [0.4, 0.5) is 0 Å². The minimum atomic E-state index is -1.26. The van der Waals surface area contributed by atoms with Crippen LogP contribution in [-0.4, -0.2) is 22.5 Å². The lowest BCUT2D eigenvalue weighted by Gasteiger charge is -2.18. The van der Waals surface area contributed by atoms with Crippen molar-refractivity contribution in [1.82, 2.24) is 0 Å². The summed E-state index contributed by atoms with van der Waals surface area (Å²) in [5, 5.41) is 9.09. The smallest absolute Gasteiger partial charge is 0.343 e. The maximum Gasteiger partial charge on any atom is 0.343 e. The molecule has 1 N–H and O–H groups in total. The molecule has 0 aromatic carbocycles. The lowest BCUT2D eigenvalue weighted by Crippen LogP contribution is -2.32. The standard InChI is InChI=1S/C15H18O4/c1-4-6-7-8-10-15(3)13(16)12(14(17)18)11(19-15)9-5-2/h5-10H,4H2,1-3H3,(H,17,18). The number of carbonyl (C=O) groups excluding carboxylic acids is 1. The van der Waals surface area contributed by atoms with Crippen LogP contribution in [0.25, 0.3) is 0 Å². The van der Waals surface area contributed by atoms with Crippen LogP contribution in [-0.2, 0) is 14.3 Å². The minimum Gasteiger partial charge on any atom is -0.477 e. The maximum atomic E-state index is 12.1. The van der Waals surface area contributed by atoms with Gasteiger partial charge >= 0.3 is 5.97 Å². The molecule has 0 amide bonds. The normalized spacial score (nSPS) is 24.1. The maximum absolute atomic E-state index is 12.1. The van der Waals surface area contributed by atoms with Gasteiger partial charge in [-0.05, 0) is 32.4 Å². The summed E-state index contributed by atoms with van der Waals surface area (Å²) in [5.41, 5.74) is -1.55. The van der Waals surface area contributed by atoms with Crippen LogP contribution < -0.4 is 0 Å². The van der Waals surface area contributed by atoms with E-state index in [1.165, 1.54) is 6.08 Å². The van der Waals surface area contributed by atoms with Gasteiger partial charge < -0.3 is 9.84 Å². The van der Waals surface area contributed by atoms with E-state index in [2.05, 4.69) is 0 Å². The van der Waals surface area contributed by atoms with E-state index in [4.69, 9.17) is 9.84 Å². The molecule has 0 spiro atoms. The highest BCUT2D eigenvalue weighted by molar-refractivity contribution is 6.22. The Kier molecular flexibility index (Phi) is 4.87. The van der Waals surface area contributed by atoms with Crippen molar-refractivity contribution in [3.05, 3.63) is 47.8 Å². The van der Waals surface area contributed by atoms with Crippen molar-refractivity contribution in [2.24, 2.45) is 0 Å². The van der Waals surface area contributed by atoms with E-state index in [-0.39, 0.29) is 11.3 Å². The van der Waals surface area contributed by atoms with Crippen molar-refractivity contribution in [2.75, 3.05) is 0 Å². The number of aliphatic carboxylic acids is 1. The predicted octanol–water partition coefficient (Wildman–Crippen LogP) is 2.78. The molecule has 0 radical (unpaired) electrons. The lowest BCUT2D eigenvalue weighted by atomic mass is 9.96. The SMILES string of the molecule is CC=CC1=C(C(=O)O)C(=O)C(C)(C=CC=CCC)O1. The molecule has 0 aliphatic carbocycles. The first-order valence-electron chi connectivity index (χ1n) is 6.14. The van der Waals surface area contributed by atoms with Crippen LogP contribution >= 0.6 is 0 Å². The second-order valence-electron chi connectivity index (χ2n) is 4.28. The van der Waals surface area contributed by atoms with Gasteiger partial charge in [0.15, 0.2) is 5.60 Å². The molecule has 1 atom stereocenters. The first kappa shape index (κ1) is 15.0. The Balaban J connectivity index is 3.06. The van der Waals surface area contributed by atoms with E-state index in [0.29, 0.717) is 0 Å². The fraction of sp³-hybridized carbons (Fsp3) is 0.333. The average molecular weight is 262 g/mol. The van der Waals surface area contributed by atoms with Gasteiger partial charge in [0.05, 0.1) is 0 Å². The zero-order valence-corrected chi connectivity index (χ0v) is 11.3. The topological polar surface area (TPSA) is 63.6 Å². The predicted molar refractivity (Wildman–Crippen MR) is 72.5 cm³/mol. The summed E-state index contributed by atoms with van der Waals surface area (Å²) in [6, 6.07) is 0. The quantitative estimate of drug-likeness (QED) is 0.611. The minimum absolute atomic E-state index is 0.103. The number of hydrogen-bond donors (Lipinski definition) is 1. The third-order valence-electron chi connectivity index (χ3n) is 2.68. The molecular formula is C15H18O4. The van der Waals surface area contributed by atoms with Crippen LogP contribution in [0.15, 0.2) is 47.8 Å². The molecular weight excluding hydrogens is 244 g/mol. The van der Waals surface area contributed by atoms with E-state index >= 15 is 0 Å². The summed E-state index contributed by atoms with van der Waals surface area (Å²) in [5.74, 6) is -1.69. The third-order valence-corrected chi connectivity index (χ3v) is 2.68. The highest BCUT2D eigenvalue weighted by Crippen LogP contribution is 2.32. The summed E-state index contributed by atoms with van der Waals surface area (Å²) < 4.78 is 5.50. The number of carboxylic acids is 1. The molecule has 1 unspecified atom stereocenters. The molecule has 0 fully saturated rings. The molecule has 1 aliphatic rings. The van der Waals surface area contributed by atoms with Gasteiger partial charge in [-0.25, -0.2) is 4.79 Å². The molecule has 1 rings (SSSR count). The monoisotopic (exact) mass is 262 g/mol. The molecule has 19 heavy (non-hydrogen) atoms. The Bertz CT molecular complexity index is 494. The van der Waals surface area contributed by atoms with Crippen molar-refractivity contribution >= 4 is 11.8 Å². The van der Waals surface area contributed by atoms with E-state index < -0.39 is 17.4 Å². The molecule has 0 aromatic heterocycles. The lowest BCUT2D eigenvalue weighted by molar-refractivity contribution is -0.135. The van der Waals surface area contributed by atoms with Crippen molar-refractivity contribution < 1.29 is 19.4 Å². The van der Waals surface area contributed by atoms with Crippen LogP contribution in [0.2, 0.25) is 0 Å². The molecule has 4 nitrogen and oxygen atoms in total. The van der Waals surface area contributed by atoms with Gasteiger partial charge in [0, 0.05) is 0 Å². The first-order chi connectivity index (χ1) is 8.96. The number of Topliss-reactive ketones (excluding diaryl/α,β-unsaturated/α-hetero) is 1. The molecule has 0 saturated heterocycles. The highest BCUT2D eigenvalue weighted by atomic mass is 16.5. The van der Waals surface area contributed by atoms with Gasteiger partial charge in [-0.2, -0.15) is 0 Å². The Morgan fingerprint density at radius 1 is 1.42 bits per heavy atom. The second-order valence-corrected chi connectivity index (χ2v) is 4.28. The number of ether oxygens (including phenoxy) is 1.